The molecule has 17 heavy (non-hydrogen) atoms. The Morgan fingerprint density at radius 2 is 2.24 bits per heavy atom. The average molecular weight is 232 g/mol. The van der Waals surface area contributed by atoms with E-state index in [1.54, 1.807) is 19.6 Å². The van der Waals surface area contributed by atoms with E-state index in [0.717, 1.165) is 17.0 Å². The van der Waals surface area contributed by atoms with Gasteiger partial charge in [0.25, 0.3) is 0 Å². The Bertz CT molecular complexity index is 495. The summed E-state index contributed by atoms with van der Waals surface area (Å²) in [7, 11) is 5.49. The van der Waals surface area contributed by atoms with Gasteiger partial charge in [-0.15, -0.1) is 0 Å². The normalized spacial score (nSPS) is 12.4. The Hall–Kier alpha value is -1.88. The fraction of sp³-hybridized carbons (Fsp3) is 0.333. The molecule has 1 atom stereocenters. The predicted molar refractivity (Wildman–Crippen MR) is 64.9 cm³/mol. The summed E-state index contributed by atoms with van der Waals surface area (Å²) in [5.74, 6) is 0.749. The Labute approximate surface area is 100 Å². The summed E-state index contributed by atoms with van der Waals surface area (Å²) in [5, 5.41) is 3.23. The number of aromatic nitrogens is 3. The van der Waals surface area contributed by atoms with Crippen LogP contribution in [0.5, 0.6) is 5.75 Å². The number of aryl methyl sites for hydroxylation is 1. The first kappa shape index (κ1) is 11.6. The lowest BCUT2D eigenvalue weighted by molar-refractivity contribution is 0.411. The van der Waals surface area contributed by atoms with Gasteiger partial charge in [0, 0.05) is 19.4 Å². The van der Waals surface area contributed by atoms with Gasteiger partial charge in [0.2, 0.25) is 0 Å². The number of ether oxygens (including phenoxy) is 1. The van der Waals surface area contributed by atoms with E-state index in [0.29, 0.717) is 0 Å². The van der Waals surface area contributed by atoms with Crippen LogP contribution < -0.4 is 10.1 Å². The summed E-state index contributed by atoms with van der Waals surface area (Å²) in [4.78, 5) is 8.51. The standard InChI is InChI=1S/C12H16N4O/c1-13-12(11-7-16(2)8-15-11)9-4-10(17-3)6-14-5-9/h4-8,12-13H,1-3H3. The number of imidazole rings is 1. The van der Waals surface area contributed by atoms with Gasteiger partial charge in [0.1, 0.15) is 5.75 Å². The molecule has 0 amide bonds. The topological polar surface area (TPSA) is 52.0 Å². The zero-order valence-corrected chi connectivity index (χ0v) is 10.2. The maximum Gasteiger partial charge on any atom is 0.137 e. The third-order valence-electron chi connectivity index (χ3n) is 2.61. The second-order valence-corrected chi connectivity index (χ2v) is 3.84. The van der Waals surface area contributed by atoms with Gasteiger partial charge in [-0.1, -0.05) is 0 Å². The van der Waals surface area contributed by atoms with Crippen molar-refractivity contribution >= 4 is 0 Å². The molecule has 2 rings (SSSR count). The summed E-state index contributed by atoms with van der Waals surface area (Å²) in [5.41, 5.74) is 2.00. The first-order valence-corrected chi connectivity index (χ1v) is 5.38. The molecule has 0 aliphatic carbocycles. The van der Waals surface area contributed by atoms with Gasteiger partial charge in [-0.3, -0.25) is 4.98 Å². The van der Waals surface area contributed by atoms with Crippen molar-refractivity contribution < 1.29 is 4.74 Å². The molecule has 1 unspecified atom stereocenters. The van der Waals surface area contributed by atoms with Gasteiger partial charge >= 0.3 is 0 Å². The monoisotopic (exact) mass is 232 g/mol. The largest absolute Gasteiger partial charge is 0.495 e. The molecular formula is C12H16N4O. The molecule has 0 aromatic carbocycles. The molecule has 90 valence electrons. The first-order chi connectivity index (χ1) is 8.24. The molecule has 0 aliphatic heterocycles. The van der Waals surface area contributed by atoms with Gasteiger partial charge in [-0.05, 0) is 18.7 Å². The predicted octanol–water partition coefficient (Wildman–Crippen LogP) is 1.13. The number of nitrogens with one attached hydrogen (secondary N) is 1. The van der Waals surface area contributed by atoms with Crippen LogP contribution in [-0.2, 0) is 7.05 Å². The Morgan fingerprint density at radius 3 is 2.82 bits per heavy atom. The van der Waals surface area contributed by atoms with Crippen molar-refractivity contribution in [1.82, 2.24) is 19.9 Å². The molecular weight excluding hydrogens is 216 g/mol. The minimum atomic E-state index is 0.0267. The summed E-state index contributed by atoms with van der Waals surface area (Å²) in [6, 6.07) is 1.99. The Kier molecular flexibility index (Phi) is 3.39. The van der Waals surface area contributed by atoms with Crippen molar-refractivity contribution in [3.05, 3.63) is 42.2 Å². The van der Waals surface area contributed by atoms with E-state index in [-0.39, 0.29) is 6.04 Å². The van der Waals surface area contributed by atoms with Crippen LogP contribution in [-0.4, -0.2) is 28.7 Å². The van der Waals surface area contributed by atoms with E-state index in [4.69, 9.17) is 4.74 Å². The average Bonchev–Trinajstić information content (AvgIpc) is 2.77. The van der Waals surface area contributed by atoms with E-state index in [9.17, 15) is 0 Å². The number of rotatable bonds is 4. The van der Waals surface area contributed by atoms with Crippen molar-refractivity contribution in [2.24, 2.45) is 7.05 Å². The molecule has 2 heterocycles. The molecule has 1 N–H and O–H groups in total. The first-order valence-electron chi connectivity index (χ1n) is 5.38. The summed E-state index contributed by atoms with van der Waals surface area (Å²) in [6.45, 7) is 0. The molecule has 0 radical (unpaired) electrons. The quantitative estimate of drug-likeness (QED) is 0.858. The van der Waals surface area contributed by atoms with Gasteiger partial charge < -0.3 is 14.6 Å². The Balaban J connectivity index is 2.34. The second kappa shape index (κ2) is 4.97. The lowest BCUT2D eigenvalue weighted by Gasteiger charge is -2.14. The third-order valence-corrected chi connectivity index (χ3v) is 2.61. The number of nitrogens with zero attached hydrogens (tertiary/aromatic N) is 3. The zero-order valence-electron chi connectivity index (χ0n) is 10.2. The number of hydrogen-bond donors (Lipinski definition) is 1. The summed E-state index contributed by atoms with van der Waals surface area (Å²) >= 11 is 0. The van der Waals surface area contributed by atoms with Crippen molar-refractivity contribution in [3.63, 3.8) is 0 Å². The van der Waals surface area contributed by atoms with Crippen molar-refractivity contribution in [2.75, 3.05) is 14.2 Å². The van der Waals surface area contributed by atoms with E-state index in [2.05, 4.69) is 15.3 Å². The van der Waals surface area contributed by atoms with Crippen LogP contribution in [0.2, 0.25) is 0 Å². The number of pyridine rings is 1. The second-order valence-electron chi connectivity index (χ2n) is 3.84. The van der Waals surface area contributed by atoms with Gasteiger partial charge in [-0.2, -0.15) is 0 Å². The highest BCUT2D eigenvalue weighted by Gasteiger charge is 2.15. The maximum atomic E-state index is 5.17. The van der Waals surface area contributed by atoms with Crippen molar-refractivity contribution in [1.29, 1.82) is 0 Å². The minimum Gasteiger partial charge on any atom is -0.495 e. The SMILES string of the molecule is CNC(c1cncc(OC)c1)c1cn(C)cn1. The minimum absolute atomic E-state index is 0.0267. The molecule has 0 fully saturated rings. The summed E-state index contributed by atoms with van der Waals surface area (Å²) in [6.07, 6.45) is 7.28. The van der Waals surface area contributed by atoms with E-state index < -0.39 is 0 Å². The van der Waals surface area contributed by atoms with E-state index in [1.807, 2.05) is 37.1 Å². The van der Waals surface area contributed by atoms with Gasteiger partial charge in [0.05, 0.1) is 31.4 Å². The van der Waals surface area contributed by atoms with Crippen LogP contribution in [0, 0.1) is 0 Å². The van der Waals surface area contributed by atoms with Crippen LogP contribution in [0.1, 0.15) is 17.3 Å². The molecule has 0 spiro atoms. The smallest absolute Gasteiger partial charge is 0.137 e. The Morgan fingerprint density at radius 1 is 1.41 bits per heavy atom. The summed E-state index contributed by atoms with van der Waals surface area (Å²) < 4.78 is 7.10. The zero-order chi connectivity index (χ0) is 12.3. The van der Waals surface area contributed by atoms with Gasteiger partial charge in [0.15, 0.2) is 0 Å². The van der Waals surface area contributed by atoms with Crippen molar-refractivity contribution in [2.45, 2.75) is 6.04 Å². The van der Waals surface area contributed by atoms with Gasteiger partial charge in [-0.25, -0.2) is 4.98 Å². The van der Waals surface area contributed by atoms with E-state index in [1.165, 1.54) is 0 Å². The fourth-order valence-electron chi connectivity index (χ4n) is 1.77. The van der Waals surface area contributed by atoms with Crippen LogP contribution in [0.4, 0.5) is 0 Å². The van der Waals surface area contributed by atoms with Crippen LogP contribution >= 0.6 is 0 Å². The highest BCUT2D eigenvalue weighted by molar-refractivity contribution is 5.30. The molecule has 0 saturated carbocycles. The molecule has 0 bridgehead atoms. The van der Waals surface area contributed by atoms with Crippen LogP contribution in [0.25, 0.3) is 0 Å². The van der Waals surface area contributed by atoms with E-state index >= 15 is 0 Å². The third kappa shape index (κ3) is 2.45. The van der Waals surface area contributed by atoms with Crippen molar-refractivity contribution in [3.8, 4) is 5.75 Å². The van der Waals surface area contributed by atoms with Crippen LogP contribution in [0.15, 0.2) is 31.0 Å². The molecule has 2 aromatic rings. The maximum absolute atomic E-state index is 5.17. The number of methoxy groups -OCH3 is 1. The highest BCUT2D eigenvalue weighted by Crippen LogP contribution is 2.22. The molecule has 0 saturated heterocycles. The lowest BCUT2D eigenvalue weighted by atomic mass is 10.1. The number of hydrogen-bond acceptors (Lipinski definition) is 4. The fourth-order valence-corrected chi connectivity index (χ4v) is 1.77. The highest BCUT2D eigenvalue weighted by atomic mass is 16.5. The molecule has 0 aliphatic rings. The lowest BCUT2D eigenvalue weighted by Crippen LogP contribution is -2.18. The molecule has 2 aromatic heterocycles. The molecule has 5 heteroatoms. The van der Waals surface area contributed by atoms with Crippen LogP contribution in [0.3, 0.4) is 0 Å². The molecule has 5 nitrogen and oxygen atoms in total.